The molecule has 1 atom stereocenters. The molecule has 1 aliphatic heterocycles. The average Bonchev–Trinajstić information content (AvgIpc) is 2.55. The van der Waals surface area contributed by atoms with Gasteiger partial charge in [-0.2, -0.15) is 0 Å². The Morgan fingerprint density at radius 1 is 1.40 bits per heavy atom. The minimum Gasteiger partial charge on any atom is -0.376 e. The van der Waals surface area contributed by atoms with Crippen molar-refractivity contribution in [2.75, 3.05) is 5.32 Å². The molecule has 0 saturated heterocycles. The van der Waals surface area contributed by atoms with Gasteiger partial charge in [0.15, 0.2) is 0 Å². The molecule has 1 N–H and O–H groups in total. The molecular formula is C13H14FN. The Balaban J connectivity index is 2.13. The van der Waals surface area contributed by atoms with Crippen molar-refractivity contribution in [3.05, 3.63) is 35.2 Å². The van der Waals surface area contributed by atoms with E-state index in [4.69, 9.17) is 0 Å². The molecule has 1 unspecified atom stereocenters. The third-order valence-electron chi connectivity index (χ3n) is 3.59. The second-order valence-corrected chi connectivity index (χ2v) is 4.71. The van der Waals surface area contributed by atoms with Crippen LogP contribution < -0.4 is 5.32 Å². The van der Waals surface area contributed by atoms with E-state index >= 15 is 0 Å². The van der Waals surface area contributed by atoms with E-state index in [0.717, 1.165) is 17.7 Å². The lowest BCUT2D eigenvalue weighted by atomic mass is 9.89. The summed E-state index contributed by atoms with van der Waals surface area (Å²) in [7, 11) is 0. The van der Waals surface area contributed by atoms with Crippen LogP contribution >= 0.6 is 0 Å². The van der Waals surface area contributed by atoms with Crippen LogP contribution in [0.4, 0.5) is 10.1 Å². The van der Waals surface area contributed by atoms with E-state index in [1.807, 2.05) is 6.07 Å². The molecule has 0 radical (unpaired) electrons. The Kier molecular flexibility index (Phi) is 1.70. The summed E-state index contributed by atoms with van der Waals surface area (Å²) < 4.78 is 13.1. The number of benzene rings is 1. The summed E-state index contributed by atoms with van der Waals surface area (Å²) in [6, 6.07) is 4.96. The summed E-state index contributed by atoms with van der Waals surface area (Å²) >= 11 is 0. The molecule has 1 heterocycles. The molecule has 78 valence electrons. The highest BCUT2D eigenvalue weighted by molar-refractivity contribution is 5.75. The van der Waals surface area contributed by atoms with Gasteiger partial charge in [0.05, 0.1) is 5.54 Å². The third kappa shape index (κ3) is 1.28. The lowest BCUT2D eigenvalue weighted by Gasteiger charge is -2.33. The molecule has 0 bridgehead atoms. The molecule has 1 aliphatic carbocycles. The second-order valence-electron chi connectivity index (χ2n) is 4.71. The van der Waals surface area contributed by atoms with E-state index in [1.165, 1.54) is 24.5 Å². The first-order chi connectivity index (χ1) is 7.17. The summed E-state index contributed by atoms with van der Waals surface area (Å²) in [4.78, 5) is 0. The summed E-state index contributed by atoms with van der Waals surface area (Å²) in [6.45, 7) is 2.23. The van der Waals surface area contributed by atoms with Crippen LogP contribution in [0.5, 0.6) is 0 Å². The quantitative estimate of drug-likeness (QED) is 0.679. The Bertz CT molecular complexity index is 450. The van der Waals surface area contributed by atoms with Gasteiger partial charge in [0, 0.05) is 11.3 Å². The van der Waals surface area contributed by atoms with E-state index in [1.54, 1.807) is 6.07 Å². The zero-order valence-corrected chi connectivity index (χ0v) is 8.81. The van der Waals surface area contributed by atoms with Crippen molar-refractivity contribution < 1.29 is 4.39 Å². The highest BCUT2D eigenvalue weighted by Crippen LogP contribution is 2.43. The standard InChI is InChI=1S/C13H14FN/c1-13-6-2-3-10(13)7-9-8-11(14)4-5-12(9)15-13/h4-5,7-8,15H,2-3,6H2,1H3. The number of nitrogens with one attached hydrogen (secondary N) is 1. The minimum atomic E-state index is -0.158. The van der Waals surface area contributed by atoms with Crippen LogP contribution in [0.1, 0.15) is 31.7 Å². The van der Waals surface area contributed by atoms with Gasteiger partial charge in [0.1, 0.15) is 5.82 Å². The Morgan fingerprint density at radius 2 is 2.27 bits per heavy atom. The van der Waals surface area contributed by atoms with Crippen molar-refractivity contribution in [1.29, 1.82) is 0 Å². The molecule has 1 saturated carbocycles. The van der Waals surface area contributed by atoms with Crippen molar-refractivity contribution in [2.24, 2.45) is 0 Å². The number of halogens is 1. The molecule has 0 aromatic heterocycles. The first kappa shape index (κ1) is 8.96. The van der Waals surface area contributed by atoms with Crippen molar-refractivity contribution in [3.8, 4) is 0 Å². The topological polar surface area (TPSA) is 12.0 Å². The summed E-state index contributed by atoms with van der Waals surface area (Å²) in [6.07, 6.45) is 5.70. The van der Waals surface area contributed by atoms with Crippen molar-refractivity contribution in [3.63, 3.8) is 0 Å². The normalized spacial score (nSPS) is 27.7. The third-order valence-corrected chi connectivity index (χ3v) is 3.59. The van der Waals surface area contributed by atoms with E-state index < -0.39 is 0 Å². The van der Waals surface area contributed by atoms with Crippen LogP contribution in [-0.2, 0) is 0 Å². The molecule has 2 aliphatic rings. The van der Waals surface area contributed by atoms with Gasteiger partial charge in [-0.15, -0.1) is 0 Å². The molecule has 3 rings (SSSR count). The average molecular weight is 203 g/mol. The maximum atomic E-state index is 13.1. The van der Waals surface area contributed by atoms with Crippen LogP contribution in [0.25, 0.3) is 6.08 Å². The van der Waals surface area contributed by atoms with Gasteiger partial charge in [0.2, 0.25) is 0 Å². The number of fused-ring (bicyclic) bond motifs is 2. The van der Waals surface area contributed by atoms with Gasteiger partial charge in [-0.25, -0.2) is 4.39 Å². The first-order valence-electron chi connectivity index (χ1n) is 5.46. The summed E-state index contributed by atoms with van der Waals surface area (Å²) in [5.74, 6) is -0.158. The molecule has 1 aromatic carbocycles. The van der Waals surface area contributed by atoms with Gasteiger partial charge in [-0.05, 0) is 50.0 Å². The van der Waals surface area contributed by atoms with Crippen LogP contribution in [0.3, 0.4) is 0 Å². The lowest BCUT2D eigenvalue weighted by Crippen LogP contribution is -2.35. The highest BCUT2D eigenvalue weighted by Gasteiger charge is 2.36. The molecular weight excluding hydrogens is 189 g/mol. The zero-order chi connectivity index (χ0) is 10.5. The van der Waals surface area contributed by atoms with Crippen molar-refractivity contribution >= 4 is 11.8 Å². The molecule has 0 amide bonds. The Hall–Kier alpha value is -1.31. The number of anilines is 1. The Labute approximate surface area is 89.0 Å². The van der Waals surface area contributed by atoms with Gasteiger partial charge in [-0.1, -0.05) is 6.08 Å². The van der Waals surface area contributed by atoms with Crippen LogP contribution in [0, 0.1) is 5.82 Å². The highest BCUT2D eigenvalue weighted by atomic mass is 19.1. The maximum absolute atomic E-state index is 13.1. The number of hydrogen-bond acceptors (Lipinski definition) is 1. The molecule has 1 aromatic rings. The number of rotatable bonds is 0. The van der Waals surface area contributed by atoms with Gasteiger partial charge in [-0.3, -0.25) is 0 Å². The van der Waals surface area contributed by atoms with Crippen molar-refractivity contribution in [1.82, 2.24) is 0 Å². The number of hydrogen-bond donors (Lipinski definition) is 1. The molecule has 2 heteroatoms. The molecule has 0 spiro atoms. The minimum absolute atomic E-state index is 0.116. The van der Waals surface area contributed by atoms with E-state index in [9.17, 15) is 4.39 Å². The Morgan fingerprint density at radius 3 is 3.13 bits per heavy atom. The molecule has 1 fully saturated rings. The molecule has 1 nitrogen and oxygen atoms in total. The monoisotopic (exact) mass is 203 g/mol. The predicted molar refractivity (Wildman–Crippen MR) is 60.3 cm³/mol. The van der Waals surface area contributed by atoms with Gasteiger partial charge in [0.25, 0.3) is 0 Å². The van der Waals surface area contributed by atoms with Gasteiger partial charge < -0.3 is 5.32 Å². The summed E-state index contributed by atoms with van der Waals surface area (Å²) in [5, 5.41) is 3.53. The van der Waals surface area contributed by atoms with E-state index in [-0.39, 0.29) is 11.4 Å². The van der Waals surface area contributed by atoms with E-state index in [0.29, 0.717) is 0 Å². The van der Waals surface area contributed by atoms with Crippen LogP contribution in [0.2, 0.25) is 0 Å². The van der Waals surface area contributed by atoms with Gasteiger partial charge >= 0.3 is 0 Å². The fourth-order valence-corrected chi connectivity index (χ4v) is 2.69. The summed E-state index contributed by atoms with van der Waals surface area (Å²) in [5.41, 5.74) is 3.58. The fraction of sp³-hybridized carbons (Fsp3) is 0.385. The van der Waals surface area contributed by atoms with Crippen molar-refractivity contribution in [2.45, 2.75) is 31.7 Å². The smallest absolute Gasteiger partial charge is 0.123 e. The molecule has 15 heavy (non-hydrogen) atoms. The maximum Gasteiger partial charge on any atom is 0.123 e. The van der Waals surface area contributed by atoms with Crippen LogP contribution in [0.15, 0.2) is 23.8 Å². The fourth-order valence-electron chi connectivity index (χ4n) is 2.69. The zero-order valence-electron chi connectivity index (χ0n) is 8.81. The largest absolute Gasteiger partial charge is 0.376 e. The first-order valence-corrected chi connectivity index (χ1v) is 5.46. The van der Waals surface area contributed by atoms with E-state index in [2.05, 4.69) is 18.3 Å². The second kappa shape index (κ2) is 2.84. The predicted octanol–water partition coefficient (Wildman–Crippen LogP) is 3.58. The lowest BCUT2D eigenvalue weighted by molar-refractivity contribution is 0.606. The van der Waals surface area contributed by atoms with Crippen LogP contribution in [-0.4, -0.2) is 5.54 Å². The SMILES string of the molecule is CC12CCCC1=Cc1cc(F)ccc1N2.